The van der Waals surface area contributed by atoms with E-state index in [0.717, 1.165) is 27.4 Å². The summed E-state index contributed by atoms with van der Waals surface area (Å²) in [4.78, 5) is 19.3. The Bertz CT molecular complexity index is 1820. The zero-order valence-corrected chi connectivity index (χ0v) is 20.3. The van der Waals surface area contributed by atoms with Gasteiger partial charge in [-0.05, 0) is 47.9 Å². The Hall–Kier alpha value is -4.28. The first kappa shape index (κ1) is 21.0. The van der Waals surface area contributed by atoms with Crippen LogP contribution in [0.4, 0.5) is 0 Å². The number of nitrogens with zero attached hydrogens (tertiary/aromatic N) is 5. The highest BCUT2D eigenvalue weighted by Gasteiger charge is 2.18. The molecule has 0 amide bonds. The van der Waals surface area contributed by atoms with Crippen LogP contribution in [0.15, 0.2) is 77.0 Å². The lowest BCUT2D eigenvalue weighted by Crippen LogP contribution is -2.23. The van der Waals surface area contributed by atoms with Crippen LogP contribution in [-0.2, 0) is 0 Å². The molecule has 36 heavy (non-hydrogen) atoms. The van der Waals surface area contributed by atoms with Gasteiger partial charge in [0.1, 0.15) is 18.9 Å². The van der Waals surface area contributed by atoms with Crippen molar-refractivity contribution >= 4 is 33.7 Å². The average molecular weight is 512 g/mol. The van der Waals surface area contributed by atoms with Gasteiger partial charge in [-0.3, -0.25) is 4.79 Å². The Morgan fingerprint density at radius 1 is 0.944 bits per heavy atom. The number of thiazole rings is 1. The average Bonchev–Trinajstić information content (AvgIpc) is 3.71. The monoisotopic (exact) mass is 511 g/mol. The zero-order valence-electron chi connectivity index (χ0n) is 18.7. The van der Waals surface area contributed by atoms with Crippen molar-refractivity contribution in [1.29, 1.82) is 0 Å². The number of ether oxygens (including phenoxy) is 2. The number of aromatic nitrogens is 5. The van der Waals surface area contributed by atoms with Gasteiger partial charge in [-0.1, -0.05) is 35.6 Å². The molecule has 8 nitrogen and oxygen atoms in total. The van der Waals surface area contributed by atoms with E-state index in [2.05, 4.69) is 10.1 Å². The quantitative estimate of drug-likeness (QED) is 0.355. The molecule has 1 aliphatic rings. The number of rotatable bonds is 4. The van der Waals surface area contributed by atoms with Gasteiger partial charge < -0.3 is 9.47 Å². The maximum Gasteiger partial charge on any atom is 0.291 e. The summed E-state index contributed by atoms with van der Waals surface area (Å²) in [5.74, 6) is 1.96. The molecule has 0 saturated carbocycles. The Morgan fingerprint density at radius 3 is 2.61 bits per heavy atom. The van der Waals surface area contributed by atoms with Gasteiger partial charge in [-0.2, -0.15) is 14.6 Å². The molecule has 4 aromatic heterocycles. The third kappa shape index (κ3) is 3.58. The maximum absolute atomic E-state index is 13.2. The third-order valence-electron chi connectivity index (χ3n) is 5.79. The smallest absolute Gasteiger partial charge is 0.291 e. The van der Waals surface area contributed by atoms with Gasteiger partial charge in [0.15, 0.2) is 17.3 Å². The van der Waals surface area contributed by atoms with Crippen molar-refractivity contribution in [2.24, 2.45) is 0 Å². The Balaban J connectivity index is 1.38. The summed E-state index contributed by atoms with van der Waals surface area (Å²) < 4.78 is 15.2. The second kappa shape index (κ2) is 8.43. The van der Waals surface area contributed by atoms with E-state index < -0.39 is 0 Å². The third-order valence-corrected chi connectivity index (χ3v) is 7.61. The molecule has 2 aromatic carbocycles. The fourth-order valence-electron chi connectivity index (χ4n) is 4.11. The molecular weight excluding hydrogens is 494 g/mol. The minimum Gasteiger partial charge on any atom is -0.486 e. The predicted molar refractivity (Wildman–Crippen MR) is 139 cm³/mol. The van der Waals surface area contributed by atoms with Gasteiger partial charge in [-0.15, -0.1) is 16.4 Å². The summed E-state index contributed by atoms with van der Waals surface area (Å²) in [5.41, 5.74) is 3.11. The molecule has 0 spiro atoms. The topological polar surface area (TPSA) is 83.5 Å². The summed E-state index contributed by atoms with van der Waals surface area (Å²) >= 11 is 2.86. The lowest BCUT2D eigenvalue weighted by atomic mass is 10.1. The van der Waals surface area contributed by atoms with Crippen LogP contribution in [0.2, 0.25) is 0 Å². The van der Waals surface area contributed by atoms with E-state index in [-0.39, 0.29) is 5.56 Å². The molecule has 5 heterocycles. The Labute approximate surface area is 212 Å². The maximum atomic E-state index is 13.2. The SMILES string of the molecule is O=c1/c(=C/c2cn(-c3ccccc3)nc2-c2ccc3c(c2)OCCO3)sc2nc(-c3cccs3)nn12. The summed E-state index contributed by atoms with van der Waals surface area (Å²) in [6.45, 7) is 1.03. The molecule has 6 aromatic rings. The van der Waals surface area contributed by atoms with Gasteiger partial charge in [0, 0.05) is 17.3 Å². The van der Waals surface area contributed by atoms with Crippen molar-refractivity contribution in [2.45, 2.75) is 0 Å². The van der Waals surface area contributed by atoms with Crippen LogP contribution in [-0.4, -0.2) is 37.6 Å². The van der Waals surface area contributed by atoms with Crippen LogP contribution in [0.1, 0.15) is 5.56 Å². The standard InChI is InChI=1S/C26H17N5O3S2/c32-25-22(36-26-27-24(29-31(25)26)21-7-4-12-35-21)14-17-15-30(18-5-2-1-3-6-18)28-23(17)16-8-9-19-20(13-16)34-11-10-33-19/h1-9,12-15H,10-11H2/b22-14-. The van der Waals surface area contributed by atoms with Gasteiger partial charge in [0.2, 0.25) is 4.96 Å². The highest BCUT2D eigenvalue weighted by Crippen LogP contribution is 2.35. The molecule has 0 unspecified atom stereocenters. The predicted octanol–water partition coefficient (Wildman–Crippen LogP) is 4.05. The molecule has 10 heteroatoms. The van der Waals surface area contributed by atoms with Crippen molar-refractivity contribution in [2.75, 3.05) is 13.2 Å². The Morgan fingerprint density at radius 2 is 1.81 bits per heavy atom. The Kier molecular flexibility index (Phi) is 4.93. The number of hydrogen-bond donors (Lipinski definition) is 0. The van der Waals surface area contributed by atoms with Crippen molar-refractivity contribution < 1.29 is 9.47 Å². The highest BCUT2D eigenvalue weighted by molar-refractivity contribution is 7.15. The van der Waals surface area contributed by atoms with E-state index in [1.807, 2.05) is 83.0 Å². The van der Waals surface area contributed by atoms with Crippen LogP contribution in [0.5, 0.6) is 11.5 Å². The molecule has 0 N–H and O–H groups in total. The second-order valence-corrected chi connectivity index (χ2v) is 10.1. The summed E-state index contributed by atoms with van der Waals surface area (Å²) in [7, 11) is 0. The first-order valence-corrected chi connectivity index (χ1v) is 12.9. The summed E-state index contributed by atoms with van der Waals surface area (Å²) in [6, 6.07) is 19.5. The number of para-hydroxylation sites is 1. The summed E-state index contributed by atoms with van der Waals surface area (Å²) in [5, 5.41) is 11.3. The molecule has 0 saturated heterocycles. The van der Waals surface area contributed by atoms with Gasteiger partial charge >= 0.3 is 0 Å². The van der Waals surface area contributed by atoms with Crippen LogP contribution < -0.4 is 19.6 Å². The van der Waals surface area contributed by atoms with Gasteiger partial charge in [0.25, 0.3) is 5.56 Å². The minimum atomic E-state index is -0.203. The van der Waals surface area contributed by atoms with E-state index in [0.29, 0.717) is 40.0 Å². The molecule has 1 aliphatic heterocycles. The van der Waals surface area contributed by atoms with Crippen LogP contribution in [0, 0.1) is 0 Å². The van der Waals surface area contributed by atoms with Gasteiger partial charge in [0.05, 0.1) is 15.1 Å². The van der Waals surface area contributed by atoms with Crippen molar-refractivity contribution in [3.8, 4) is 39.1 Å². The number of benzene rings is 2. The van der Waals surface area contributed by atoms with E-state index in [1.54, 1.807) is 11.3 Å². The molecule has 0 radical (unpaired) electrons. The van der Waals surface area contributed by atoms with Crippen LogP contribution in [0.3, 0.4) is 0 Å². The zero-order chi connectivity index (χ0) is 24.1. The van der Waals surface area contributed by atoms with Gasteiger partial charge in [-0.25, -0.2) is 4.68 Å². The molecule has 0 atom stereocenters. The number of fused-ring (bicyclic) bond motifs is 2. The first-order chi connectivity index (χ1) is 17.7. The number of hydrogen-bond acceptors (Lipinski definition) is 8. The van der Waals surface area contributed by atoms with E-state index in [4.69, 9.17) is 14.6 Å². The van der Waals surface area contributed by atoms with Crippen LogP contribution >= 0.6 is 22.7 Å². The molecule has 7 rings (SSSR count). The summed E-state index contributed by atoms with van der Waals surface area (Å²) in [6.07, 6.45) is 3.78. The van der Waals surface area contributed by atoms with E-state index >= 15 is 0 Å². The second-order valence-electron chi connectivity index (χ2n) is 8.09. The highest BCUT2D eigenvalue weighted by atomic mass is 32.1. The van der Waals surface area contributed by atoms with Crippen molar-refractivity contribution in [3.63, 3.8) is 0 Å². The fraction of sp³-hybridized carbons (Fsp3) is 0.0769. The van der Waals surface area contributed by atoms with E-state index in [1.165, 1.54) is 15.9 Å². The first-order valence-electron chi connectivity index (χ1n) is 11.2. The van der Waals surface area contributed by atoms with Crippen LogP contribution in [0.25, 0.3) is 38.7 Å². The molecule has 0 aliphatic carbocycles. The molecule has 0 bridgehead atoms. The van der Waals surface area contributed by atoms with E-state index in [9.17, 15) is 4.79 Å². The minimum absolute atomic E-state index is 0.203. The fourth-order valence-corrected chi connectivity index (χ4v) is 5.66. The molecular formula is C26H17N5O3S2. The van der Waals surface area contributed by atoms with Crippen molar-refractivity contribution in [1.82, 2.24) is 24.4 Å². The largest absolute Gasteiger partial charge is 0.486 e. The molecule has 176 valence electrons. The number of thiophene rings is 1. The lowest BCUT2D eigenvalue weighted by Gasteiger charge is -2.18. The molecule has 0 fully saturated rings. The van der Waals surface area contributed by atoms with Crippen molar-refractivity contribution in [3.05, 3.63) is 92.7 Å². The lowest BCUT2D eigenvalue weighted by molar-refractivity contribution is 0.171. The normalized spacial score (nSPS) is 13.5.